The minimum atomic E-state index is -1.09. The van der Waals surface area contributed by atoms with Crippen molar-refractivity contribution in [3.05, 3.63) is 35.9 Å². The van der Waals surface area contributed by atoms with E-state index in [0.717, 1.165) is 0 Å². The molecule has 1 aromatic carbocycles. The summed E-state index contributed by atoms with van der Waals surface area (Å²) in [5.74, 6) is 0. The van der Waals surface area contributed by atoms with Crippen LogP contribution in [-0.4, -0.2) is 52.6 Å². The predicted octanol–water partition coefficient (Wildman–Crippen LogP) is 0.162. The van der Waals surface area contributed by atoms with Gasteiger partial charge >= 0.3 is 0 Å². The zero-order valence-corrected chi connectivity index (χ0v) is 11.3. The standard InChI is InChI=1S/C14H22O6/c15-7-6-12(17)8-13(20-10-16)9-19-14(18)11-4-2-1-3-5-11/h1-5,12-18H,6-10H2. The molecule has 20 heavy (non-hydrogen) atoms. The quantitative estimate of drug-likeness (QED) is 0.457. The van der Waals surface area contributed by atoms with Gasteiger partial charge in [0.05, 0.1) is 18.8 Å². The van der Waals surface area contributed by atoms with Gasteiger partial charge in [-0.25, -0.2) is 0 Å². The molecule has 114 valence electrons. The lowest BCUT2D eigenvalue weighted by Gasteiger charge is -2.21. The maximum Gasteiger partial charge on any atom is 0.181 e. The van der Waals surface area contributed by atoms with Gasteiger partial charge in [0.1, 0.15) is 6.79 Å². The fourth-order valence-corrected chi connectivity index (χ4v) is 1.77. The Balaban J connectivity index is 2.41. The van der Waals surface area contributed by atoms with E-state index < -0.39 is 25.3 Å². The van der Waals surface area contributed by atoms with E-state index in [9.17, 15) is 10.2 Å². The Hall–Kier alpha value is -1.02. The zero-order chi connectivity index (χ0) is 14.8. The number of hydrogen-bond donors (Lipinski definition) is 4. The third-order valence-electron chi connectivity index (χ3n) is 2.83. The van der Waals surface area contributed by atoms with E-state index in [4.69, 9.17) is 19.7 Å². The summed E-state index contributed by atoms with van der Waals surface area (Å²) in [7, 11) is 0. The SMILES string of the molecule is OCCC(O)CC(COC(O)c1ccccc1)OCO. The fraction of sp³-hybridized carbons (Fsp3) is 0.571. The molecule has 0 aliphatic carbocycles. The molecule has 0 fully saturated rings. The maximum atomic E-state index is 9.83. The molecule has 0 bridgehead atoms. The summed E-state index contributed by atoms with van der Waals surface area (Å²) in [6.45, 7) is -0.596. The van der Waals surface area contributed by atoms with Gasteiger partial charge in [0.2, 0.25) is 0 Å². The second-order valence-electron chi connectivity index (χ2n) is 4.42. The van der Waals surface area contributed by atoms with Crippen LogP contribution in [0.15, 0.2) is 30.3 Å². The average molecular weight is 286 g/mol. The molecule has 0 saturated carbocycles. The lowest BCUT2D eigenvalue weighted by atomic mass is 10.1. The van der Waals surface area contributed by atoms with E-state index in [1.165, 1.54) is 0 Å². The molecular weight excluding hydrogens is 264 g/mol. The lowest BCUT2D eigenvalue weighted by molar-refractivity contribution is -0.156. The summed E-state index contributed by atoms with van der Waals surface area (Å²) in [5.41, 5.74) is 0.617. The molecule has 4 N–H and O–H groups in total. The van der Waals surface area contributed by atoms with E-state index in [-0.39, 0.29) is 26.1 Å². The number of hydrogen-bond acceptors (Lipinski definition) is 6. The van der Waals surface area contributed by atoms with E-state index in [1.807, 2.05) is 6.07 Å². The first-order chi connectivity index (χ1) is 9.67. The first-order valence-electron chi connectivity index (χ1n) is 6.53. The van der Waals surface area contributed by atoms with Crippen molar-refractivity contribution in [3.8, 4) is 0 Å². The summed E-state index contributed by atoms with van der Waals surface area (Å²) < 4.78 is 10.3. The van der Waals surface area contributed by atoms with Crippen LogP contribution in [0.25, 0.3) is 0 Å². The van der Waals surface area contributed by atoms with Gasteiger partial charge in [0, 0.05) is 18.6 Å². The van der Waals surface area contributed by atoms with Gasteiger partial charge in [-0.05, 0) is 6.42 Å². The smallest absolute Gasteiger partial charge is 0.181 e. The van der Waals surface area contributed by atoms with E-state index in [0.29, 0.717) is 5.56 Å². The van der Waals surface area contributed by atoms with Crippen LogP contribution in [0.3, 0.4) is 0 Å². The summed E-state index contributed by atoms with van der Waals surface area (Å²) >= 11 is 0. The molecule has 0 aromatic heterocycles. The monoisotopic (exact) mass is 286 g/mol. The molecule has 0 amide bonds. The number of benzene rings is 1. The van der Waals surface area contributed by atoms with Crippen molar-refractivity contribution < 1.29 is 29.9 Å². The highest BCUT2D eigenvalue weighted by Crippen LogP contribution is 2.15. The van der Waals surface area contributed by atoms with Gasteiger partial charge in [0.15, 0.2) is 6.29 Å². The van der Waals surface area contributed by atoms with Crippen molar-refractivity contribution in [1.29, 1.82) is 0 Å². The predicted molar refractivity (Wildman–Crippen MR) is 71.6 cm³/mol. The van der Waals surface area contributed by atoms with Crippen LogP contribution in [0.5, 0.6) is 0 Å². The molecule has 0 aliphatic heterocycles. The van der Waals surface area contributed by atoms with Gasteiger partial charge < -0.3 is 29.9 Å². The van der Waals surface area contributed by atoms with Crippen LogP contribution < -0.4 is 0 Å². The van der Waals surface area contributed by atoms with Gasteiger partial charge in [-0.3, -0.25) is 0 Å². The Labute approximate surface area is 118 Å². The molecule has 0 spiro atoms. The lowest BCUT2D eigenvalue weighted by Crippen LogP contribution is -2.27. The Bertz CT molecular complexity index is 345. The molecule has 3 atom stereocenters. The van der Waals surface area contributed by atoms with Crippen molar-refractivity contribution in [3.63, 3.8) is 0 Å². The van der Waals surface area contributed by atoms with Crippen LogP contribution in [0, 0.1) is 0 Å². The molecule has 0 saturated heterocycles. The highest BCUT2D eigenvalue weighted by molar-refractivity contribution is 5.15. The second-order valence-corrected chi connectivity index (χ2v) is 4.42. The van der Waals surface area contributed by atoms with E-state index in [2.05, 4.69) is 0 Å². The largest absolute Gasteiger partial charge is 0.396 e. The van der Waals surface area contributed by atoms with Gasteiger partial charge in [-0.15, -0.1) is 0 Å². The number of rotatable bonds is 10. The Kier molecular flexibility index (Phi) is 8.36. The van der Waals surface area contributed by atoms with Crippen LogP contribution in [-0.2, 0) is 9.47 Å². The third kappa shape index (κ3) is 6.42. The van der Waals surface area contributed by atoms with Crippen LogP contribution in [0.1, 0.15) is 24.7 Å². The van der Waals surface area contributed by atoms with Gasteiger partial charge in [0.25, 0.3) is 0 Å². The van der Waals surface area contributed by atoms with Gasteiger partial charge in [-0.2, -0.15) is 0 Å². The second kappa shape index (κ2) is 9.82. The summed E-state index contributed by atoms with van der Waals surface area (Å²) in [6.07, 6.45) is -1.94. The normalized spacial score (nSPS) is 15.8. The van der Waals surface area contributed by atoms with E-state index >= 15 is 0 Å². The minimum Gasteiger partial charge on any atom is -0.396 e. The molecule has 3 unspecified atom stereocenters. The highest BCUT2D eigenvalue weighted by Gasteiger charge is 2.17. The Morgan fingerprint density at radius 2 is 1.70 bits per heavy atom. The van der Waals surface area contributed by atoms with Crippen LogP contribution in [0.4, 0.5) is 0 Å². The molecule has 0 heterocycles. The first kappa shape index (κ1) is 17.0. The third-order valence-corrected chi connectivity index (χ3v) is 2.83. The number of ether oxygens (including phenoxy) is 2. The Morgan fingerprint density at radius 1 is 1.00 bits per heavy atom. The van der Waals surface area contributed by atoms with Gasteiger partial charge in [-0.1, -0.05) is 30.3 Å². The molecular formula is C14H22O6. The summed E-state index contributed by atoms with van der Waals surface area (Å²) in [5, 5.41) is 36.9. The highest BCUT2D eigenvalue weighted by atomic mass is 16.6. The van der Waals surface area contributed by atoms with Crippen molar-refractivity contribution in [2.75, 3.05) is 20.0 Å². The molecule has 1 rings (SSSR count). The zero-order valence-electron chi connectivity index (χ0n) is 11.3. The van der Waals surface area contributed by atoms with Crippen molar-refractivity contribution in [2.45, 2.75) is 31.3 Å². The summed E-state index contributed by atoms with van der Waals surface area (Å²) in [4.78, 5) is 0. The van der Waals surface area contributed by atoms with Crippen molar-refractivity contribution in [2.24, 2.45) is 0 Å². The summed E-state index contributed by atoms with van der Waals surface area (Å²) in [6, 6.07) is 8.86. The van der Waals surface area contributed by atoms with E-state index in [1.54, 1.807) is 24.3 Å². The molecule has 6 heteroatoms. The Morgan fingerprint density at radius 3 is 2.30 bits per heavy atom. The molecule has 6 nitrogen and oxygen atoms in total. The van der Waals surface area contributed by atoms with Crippen LogP contribution in [0.2, 0.25) is 0 Å². The fourth-order valence-electron chi connectivity index (χ4n) is 1.77. The van der Waals surface area contributed by atoms with Crippen LogP contribution >= 0.6 is 0 Å². The minimum absolute atomic E-state index is 0.0269. The molecule has 1 aromatic rings. The number of aliphatic hydroxyl groups excluding tert-OH is 4. The topological polar surface area (TPSA) is 99.4 Å². The van der Waals surface area contributed by atoms with Crippen molar-refractivity contribution in [1.82, 2.24) is 0 Å². The first-order valence-corrected chi connectivity index (χ1v) is 6.53. The average Bonchev–Trinajstić information content (AvgIpc) is 2.46. The molecule has 0 aliphatic rings. The van der Waals surface area contributed by atoms with Crippen molar-refractivity contribution >= 4 is 0 Å². The molecule has 0 radical (unpaired) electrons. The maximum absolute atomic E-state index is 9.83. The number of aliphatic hydroxyl groups is 4.